The average molecular weight is 510 g/mol. The van der Waals surface area contributed by atoms with Crippen molar-refractivity contribution in [3.05, 3.63) is 71.3 Å². The summed E-state index contributed by atoms with van der Waals surface area (Å²) in [6, 6.07) is 16.2. The Kier molecular flexibility index (Phi) is 11.2. The van der Waals surface area contributed by atoms with Crippen LogP contribution >= 0.6 is 0 Å². The molecule has 37 heavy (non-hydrogen) atoms. The maximum Gasteiger partial charge on any atom is 0.408 e. The van der Waals surface area contributed by atoms with Crippen molar-refractivity contribution in [1.29, 1.82) is 0 Å². The molecule has 0 aliphatic heterocycles. The van der Waals surface area contributed by atoms with Gasteiger partial charge in [-0.25, -0.2) is 4.79 Å². The van der Waals surface area contributed by atoms with Gasteiger partial charge in [0.1, 0.15) is 18.2 Å². The Bertz CT molecular complexity index is 1010. The molecule has 2 aromatic rings. The number of carbonyl (C=O) groups excluding carboxylic acids is 3. The number of aryl methyl sites for hydroxylation is 1. The molecule has 202 valence electrons. The predicted octanol–water partition coefficient (Wildman–Crippen LogP) is 5.53. The monoisotopic (exact) mass is 509 g/mol. The molecule has 2 rings (SSSR count). The first-order valence-corrected chi connectivity index (χ1v) is 13.0. The summed E-state index contributed by atoms with van der Waals surface area (Å²) in [4.78, 5) is 41.2. The summed E-state index contributed by atoms with van der Waals surface area (Å²) < 4.78 is 5.30. The van der Waals surface area contributed by atoms with Crippen molar-refractivity contribution in [2.75, 3.05) is 6.54 Å². The predicted molar refractivity (Wildman–Crippen MR) is 147 cm³/mol. The second kappa shape index (κ2) is 13.8. The topological polar surface area (TPSA) is 87.7 Å². The maximum atomic E-state index is 13.7. The molecular formula is C30H43N3O4. The summed E-state index contributed by atoms with van der Waals surface area (Å²) in [5, 5.41) is 5.59. The van der Waals surface area contributed by atoms with Gasteiger partial charge in [0, 0.05) is 12.6 Å². The summed E-state index contributed by atoms with van der Waals surface area (Å²) >= 11 is 0. The molecule has 3 amide bonds. The third-order valence-corrected chi connectivity index (χ3v) is 5.94. The zero-order chi connectivity index (χ0) is 27.6. The van der Waals surface area contributed by atoms with Gasteiger partial charge in [0.25, 0.3) is 0 Å². The van der Waals surface area contributed by atoms with Crippen molar-refractivity contribution < 1.29 is 19.1 Å². The Morgan fingerprint density at radius 1 is 0.892 bits per heavy atom. The molecule has 0 spiro atoms. The fourth-order valence-electron chi connectivity index (χ4n) is 3.98. The summed E-state index contributed by atoms with van der Waals surface area (Å²) in [5.74, 6) is -0.165. The number of amides is 3. The van der Waals surface area contributed by atoms with Gasteiger partial charge in [-0.2, -0.15) is 0 Å². The molecule has 0 aromatic heterocycles. The second-order valence-electron chi connectivity index (χ2n) is 11.0. The normalized spacial score (nSPS) is 13.0. The number of nitrogens with zero attached hydrogens (tertiary/aromatic N) is 1. The smallest absolute Gasteiger partial charge is 0.408 e. The minimum absolute atomic E-state index is 0.232. The van der Waals surface area contributed by atoms with Crippen LogP contribution < -0.4 is 10.6 Å². The van der Waals surface area contributed by atoms with Gasteiger partial charge in [-0.1, -0.05) is 74.0 Å². The Balaban J connectivity index is 2.36. The quantitative estimate of drug-likeness (QED) is 0.417. The molecule has 7 heteroatoms. The van der Waals surface area contributed by atoms with Crippen LogP contribution in [0.3, 0.4) is 0 Å². The van der Waals surface area contributed by atoms with Gasteiger partial charge < -0.3 is 20.3 Å². The lowest BCUT2D eigenvalue weighted by atomic mass is 9.97. The molecule has 0 saturated heterocycles. The van der Waals surface area contributed by atoms with Crippen molar-refractivity contribution in [2.24, 2.45) is 5.92 Å². The number of ether oxygens (including phenoxy) is 1. The van der Waals surface area contributed by atoms with E-state index in [9.17, 15) is 14.4 Å². The second-order valence-corrected chi connectivity index (χ2v) is 11.0. The van der Waals surface area contributed by atoms with E-state index in [2.05, 4.69) is 24.5 Å². The molecule has 0 saturated carbocycles. The fraction of sp³-hybridized carbons (Fsp3) is 0.500. The van der Waals surface area contributed by atoms with E-state index < -0.39 is 17.7 Å². The molecule has 2 unspecified atom stereocenters. The Hall–Kier alpha value is -3.35. The number of rotatable bonds is 11. The van der Waals surface area contributed by atoms with E-state index >= 15 is 0 Å². The van der Waals surface area contributed by atoms with E-state index in [-0.39, 0.29) is 24.4 Å². The number of hydrogen-bond acceptors (Lipinski definition) is 4. The molecule has 0 fully saturated rings. The third-order valence-electron chi connectivity index (χ3n) is 5.94. The summed E-state index contributed by atoms with van der Waals surface area (Å²) in [7, 11) is 0. The van der Waals surface area contributed by atoms with Crippen LogP contribution in [0.25, 0.3) is 0 Å². The van der Waals surface area contributed by atoms with Crippen LogP contribution in [0, 0.1) is 12.8 Å². The van der Waals surface area contributed by atoms with Gasteiger partial charge in [0.2, 0.25) is 11.8 Å². The van der Waals surface area contributed by atoms with Crippen LogP contribution in [0.4, 0.5) is 4.79 Å². The highest BCUT2D eigenvalue weighted by molar-refractivity contribution is 5.90. The zero-order valence-electron chi connectivity index (χ0n) is 23.3. The number of hydrogen-bond donors (Lipinski definition) is 2. The molecule has 2 atom stereocenters. The van der Waals surface area contributed by atoms with Gasteiger partial charge in [0.15, 0.2) is 0 Å². The highest BCUT2D eigenvalue weighted by Gasteiger charge is 2.35. The van der Waals surface area contributed by atoms with E-state index in [1.54, 1.807) is 25.7 Å². The van der Waals surface area contributed by atoms with Gasteiger partial charge in [0.05, 0.1) is 0 Å². The maximum absolute atomic E-state index is 13.7. The van der Waals surface area contributed by atoms with Gasteiger partial charge in [-0.05, 0) is 64.5 Å². The van der Waals surface area contributed by atoms with E-state index in [1.807, 2.05) is 68.4 Å². The highest BCUT2D eigenvalue weighted by atomic mass is 16.6. The molecule has 0 bridgehead atoms. The lowest BCUT2D eigenvalue weighted by Gasteiger charge is -2.36. The molecule has 7 nitrogen and oxygen atoms in total. The van der Waals surface area contributed by atoms with E-state index in [0.717, 1.165) is 29.5 Å². The van der Waals surface area contributed by atoms with E-state index in [1.165, 1.54) is 0 Å². The van der Waals surface area contributed by atoms with Crippen LogP contribution in [0.1, 0.15) is 77.1 Å². The zero-order valence-corrected chi connectivity index (χ0v) is 23.3. The number of alkyl carbamates (subject to hydrolysis) is 1. The molecular weight excluding hydrogens is 466 g/mol. The van der Waals surface area contributed by atoms with E-state index in [4.69, 9.17) is 4.74 Å². The van der Waals surface area contributed by atoms with Crippen molar-refractivity contribution in [1.82, 2.24) is 15.5 Å². The summed E-state index contributed by atoms with van der Waals surface area (Å²) in [6.07, 6.45) is 0.956. The SMILES string of the molecule is Cc1ccc(C(C(=O)NCc2ccccc2)N(C(=O)CNC(=O)OC(C)(C)C)C(C)CCC(C)C)cc1. The van der Waals surface area contributed by atoms with Crippen molar-refractivity contribution in [3.8, 4) is 0 Å². The Morgan fingerprint density at radius 2 is 1.51 bits per heavy atom. The van der Waals surface area contributed by atoms with Crippen molar-refractivity contribution in [3.63, 3.8) is 0 Å². The van der Waals surface area contributed by atoms with Crippen LogP contribution in [-0.2, 0) is 20.9 Å². The Morgan fingerprint density at radius 3 is 2.08 bits per heavy atom. The van der Waals surface area contributed by atoms with Crippen LogP contribution in [-0.4, -0.2) is 41.0 Å². The average Bonchev–Trinajstić information content (AvgIpc) is 2.83. The van der Waals surface area contributed by atoms with Crippen LogP contribution in [0.5, 0.6) is 0 Å². The van der Waals surface area contributed by atoms with Gasteiger partial charge in [-0.15, -0.1) is 0 Å². The standard InChI is InChI=1S/C30H43N3O4/c1-21(2)13-16-23(4)33(26(34)20-32-29(36)37-30(5,6)7)27(25-17-14-22(3)15-18-25)28(35)31-19-24-11-9-8-10-12-24/h8-12,14-15,17-18,21,23,27H,13,16,19-20H2,1-7H3,(H,31,35)(H,32,36). The minimum atomic E-state index is -0.848. The molecule has 2 aromatic carbocycles. The fourth-order valence-corrected chi connectivity index (χ4v) is 3.98. The first-order chi connectivity index (χ1) is 17.4. The highest BCUT2D eigenvalue weighted by Crippen LogP contribution is 2.27. The van der Waals surface area contributed by atoms with Crippen LogP contribution in [0.15, 0.2) is 54.6 Å². The number of nitrogens with one attached hydrogen (secondary N) is 2. The van der Waals surface area contributed by atoms with Crippen molar-refractivity contribution in [2.45, 2.75) is 85.5 Å². The first-order valence-electron chi connectivity index (χ1n) is 13.0. The largest absolute Gasteiger partial charge is 0.444 e. The molecule has 0 aliphatic carbocycles. The first kappa shape index (κ1) is 29.9. The van der Waals surface area contributed by atoms with E-state index in [0.29, 0.717) is 12.5 Å². The lowest BCUT2D eigenvalue weighted by Crippen LogP contribution is -2.51. The molecule has 0 aliphatic rings. The number of carbonyl (C=O) groups is 3. The third kappa shape index (κ3) is 10.3. The Labute approximate surface area is 222 Å². The van der Waals surface area contributed by atoms with Crippen LogP contribution in [0.2, 0.25) is 0 Å². The minimum Gasteiger partial charge on any atom is -0.444 e. The molecule has 2 N–H and O–H groups in total. The molecule has 0 heterocycles. The van der Waals surface area contributed by atoms with Gasteiger partial charge >= 0.3 is 6.09 Å². The molecule has 0 radical (unpaired) electrons. The lowest BCUT2D eigenvalue weighted by molar-refractivity contribution is -0.142. The van der Waals surface area contributed by atoms with Gasteiger partial charge in [-0.3, -0.25) is 9.59 Å². The summed E-state index contributed by atoms with van der Waals surface area (Å²) in [5.41, 5.74) is 2.07. The number of benzene rings is 2. The van der Waals surface area contributed by atoms with Crippen molar-refractivity contribution >= 4 is 17.9 Å². The summed E-state index contributed by atoms with van der Waals surface area (Å²) in [6.45, 7) is 13.6.